The second-order valence-electron chi connectivity index (χ2n) is 4.61. The fourth-order valence-electron chi connectivity index (χ4n) is 2.03. The average molecular weight is 264 g/mol. The summed E-state index contributed by atoms with van der Waals surface area (Å²) in [6.07, 6.45) is 0. The Labute approximate surface area is 113 Å². The van der Waals surface area contributed by atoms with Gasteiger partial charge in [0, 0.05) is 24.8 Å². The lowest BCUT2D eigenvalue weighted by atomic mass is 10.2. The zero-order valence-corrected chi connectivity index (χ0v) is 12.0. The molecule has 1 aromatic carbocycles. The van der Waals surface area contributed by atoms with Crippen molar-refractivity contribution in [2.75, 3.05) is 5.32 Å². The normalized spacial score (nSPS) is 10.7. The molecule has 0 aliphatic rings. The third-order valence-electron chi connectivity index (χ3n) is 3.24. The largest absolute Gasteiger partial charge is 0.380 e. The number of aryl methyl sites for hydroxylation is 3. The number of rotatable bonds is 3. The van der Waals surface area contributed by atoms with Crippen LogP contribution >= 0.6 is 11.6 Å². The lowest BCUT2D eigenvalue weighted by Gasteiger charge is -2.09. The highest BCUT2D eigenvalue weighted by Gasteiger charge is 2.09. The van der Waals surface area contributed by atoms with E-state index in [-0.39, 0.29) is 0 Å². The number of nitrogens with one attached hydrogen (secondary N) is 1. The summed E-state index contributed by atoms with van der Waals surface area (Å²) in [5.41, 5.74) is 5.64. The van der Waals surface area contributed by atoms with Crippen molar-refractivity contribution in [1.29, 1.82) is 0 Å². The second kappa shape index (κ2) is 5.02. The molecule has 0 saturated heterocycles. The minimum atomic E-state index is 0.745. The molecule has 96 valence electrons. The monoisotopic (exact) mass is 263 g/mol. The van der Waals surface area contributed by atoms with Crippen LogP contribution in [0, 0.1) is 20.8 Å². The third kappa shape index (κ3) is 2.51. The van der Waals surface area contributed by atoms with Crippen LogP contribution in [0.4, 0.5) is 5.69 Å². The van der Waals surface area contributed by atoms with E-state index in [0.29, 0.717) is 0 Å². The van der Waals surface area contributed by atoms with Crippen LogP contribution in [0.25, 0.3) is 0 Å². The topological polar surface area (TPSA) is 29.9 Å². The van der Waals surface area contributed by atoms with E-state index in [1.807, 2.05) is 30.8 Å². The zero-order valence-electron chi connectivity index (χ0n) is 11.2. The molecule has 2 aromatic rings. The van der Waals surface area contributed by atoms with Crippen LogP contribution in [0.2, 0.25) is 5.02 Å². The van der Waals surface area contributed by atoms with Gasteiger partial charge in [-0.15, -0.1) is 0 Å². The summed E-state index contributed by atoms with van der Waals surface area (Å²) < 4.78 is 1.91. The fourth-order valence-corrected chi connectivity index (χ4v) is 2.22. The van der Waals surface area contributed by atoms with Crippen molar-refractivity contribution in [3.05, 3.63) is 45.7 Å². The van der Waals surface area contributed by atoms with Crippen molar-refractivity contribution >= 4 is 17.3 Å². The Morgan fingerprint density at radius 3 is 2.61 bits per heavy atom. The van der Waals surface area contributed by atoms with Crippen molar-refractivity contribution in [3.8, 4) is 0 Å². The first-order chi connectivity index (χ1) is 8.49. The van der Waals surface area contributed by atoms with Gasteiger partial charge in [-0.3, -0.25) is 4.68 Å². The molecule has 0 atom stereocenters. The van der Waals surface area contributed by atoms with E-state index in [1.54, 1.807) is 0 Å². The molecule has 0 saturated carbocycles. The van der Waals surface area contributed by atoms with E-state index in [9.17, 15) is 0 Å². The van der Waals surface area contributed by atoms with Gasteiger partial charge in [0.15, 0.2) is 0 Å². The van der Waals surface area contributed by atoms with Gasteiger partial charge in [-0.1, -0.05) is 17.7 Å². The molecule has 0 aliphatic carbocycles. The SMILES string of the molecule is Cc1ccc(Cl)c(NCc2c(C)nn(C)c2C)c1. The first-order valence-corrected chi connectivity index (χ1v) is 6.36. The Morgan fingerprint density at radius 2 is 2.00 bits per heavy atom. The number of halogens is 1. The Morgan fingerprint density at radius 1 is 1.28 bits per heavy atom. The van der Waals surface area contributed by atoms with Gasteiger partial charge in [0.05, 0.1) is 16.4 Å². The minimum Gasteiger partial charge on any atom is -0.380 e. The van der Waals surface area contributed by atoms with Crippen molar-refractivity contribution in [1.82, 2.24) is 9.78 Å². The number of nitrogens with zero attached hydrogens (tertiary/aromatic N) is 2. The fraction of sp³-hybridized carbons (Fsp3) is 0.357. The van der Waals surface area contributed by atoms with Gasteiger partial charge in [-0.05, 0) is 38.5 Å². The Hall–Kier alpha value is -1.48. The van der Waals surface area contributed by atoms with E-state index in [4.69, 9.17) is 11.6 Å². The Kier molecular flexibility index (Phi) is 3.62. The molecule has 0 radical (unpaired) electrons. The molecule has 1 aromatic heterocycles. The van der Waals surface area contributed by atoms with E-state index >= 15 is 0 Å². The van der Waals surface area contributed by atoms with Crippen LogP contribution < -0.4 is 5.32 Å². The molecule has 1 heterocycles. The molecule has 0 spiro atoms. The van der Waals surface area contributed by atoms with Crippen LogP contribution in [0.1, 0.15) is 22.5 Å². The maximum Gasteiger partial charge on any atom is 0.0646 e. The highest BCUT2D eigenvalue weighted by molar-refractivity contribution is 6.33. The molecule has 0 bridgehead atoms. The van der Waals surface area contributed by atoms with E-state index in [2.05, 4.69) is 30.3 Å². The molecule has 0 fully saturated rings. The highest BCUT2D eigenvalue weighted by Crippen LogP contribution is 2.24. The molecular formula is C14H18ClN3. The Bertz CT molecular complexity index is 573. The predicted octanol–water partition coefficient (Wildman–Crippen LogP) is 3.61. The predicted molar refractivity (Wildman–Crippen MR) is 76.2 cm³/mol. The van der Waals surface area contributed by atoms with Gasteiger partial charge in [0.2, 0.25) is 0 Å². The first-order valence-electron chi connectivity index (χ1n) is 5.98. The van der Waals surface area contributed by atoms with Crippen LogP contribution in [0.15, 0.2) is 18.2 Å². The van der Waals surface area contributed by atoms with Gasteiger partial charge >= 0.3 is 0 Å². The molecule has 18 heavy (non-hydrogen) atoms. The van der Waals surface area contributed by atoms with Gasteiger partial charge in [0.25, 0.3) is 0 Å². The zero-order chi connectivity index (χ0) is 13.3. The third-order valence-corrected chi connectivity index (χ3v) is 3.57. The second-order valence-corrected chi connectivity index (χ2v) is 5.02. The highest BCUT2D eigenvalue weighted by atomic mass is 35.5. The standard InChI is InChI=1S/C14H18ClN3/c1-9-5-6-13(15)14(7-9)16-8-12-10(2)17-18(4)11(12)3/h5-7,16H,8H2,1-4H3. The summed E-state index contributed by atoms with van der Waals surface area (Å²) in [4.78, 5) is 0. The van der Waals surface area contributed by atoms with Gasteiger partial charge in [-0.25, -0.2) is 0 Å². The number of benzene rings is 1. The van der Waals surface area contributed by atoms with Gasteiger partial charge in [0.1, 0.15) is 0 Å². The van der Waals surface area contributed by atoms with Crippen LogP contribution in [0.3, 0.4) is 0 Å². The van der Waals surface area contributed by atoms with Crippen LogP contribution in [-0.4, -0.2) is 9.78 Å². The van der Waals surface area contributed by atoms with Crippen molar-refractivity contribution in [2.24, 2.45) is 7.05 Å². The lowest BCUT2D eigenvalue weighted by molar-refractivity contribution is 0.730. The molecule has 1 N–H and O–H groups in total. The average Bonchev–Trinajstić information content (AvgIpc) is 2.55. The summed E-state index contributed by atoms with van der Waals surface area (Å²) in [7, 11) is 1.96. The molecule has 0 amide bonds. The van der Waals surface area contributed by atoms with Crippen molar-refractivity contribution in [2.45, 2.75) is 27.3 Å². The summed E-state index contributed by atoms with van der Waals surface area (Å²) in [5, 5.41) is 8.54. The number of hydrogen-bond donors (Lipinski definition) is 1. The summed E-state index contributed by atoms with van der Waals surface area (Å²) in [6, 6.07) is 5.99. The van der Waals surface area contributed by atoms with Crippen molar-refractivity contribution in [3.63, 3.8) is 0 Å². The van der Waals surface area contributed by atoms with Crippen LogP contribution in [-0.2, 0) is 13.6 Å². The molecule has 3 nitrogen and oxygen atoms in total. The van der Waals surface area contributed by atoms with Crippen LogP contribution in [0.5, 0.6) is 0 Å². The quantitative estimate of drug-likeness (QED) is 0.917. The van der Waals surface area contributed by atoms with Gasteiger partial charge < -0.3 is 5.32 Å². The maximum absolute atomic E-state index is 6.16. The molecule has 0 aliphatic heterocycles. The van der Waals surface area contributed by atoms with Gasteiger partial charge in [-0.2, -0.15) is 5.10 Å². The molecular weight excluding hydrogens is 246 g/mol. The van der Waals surface area contributed by atoms with E-state index in [0.717, 1.165) is 22.9 Å². The summed E-state index contributed by atoms with van der Waals surface area (Å²) in [6.45, 7) is 6.91. The number of hydrogen-bond acceptors (Lipinski definition) is 2. The summed E-state index contributed by atoms with van der Waals surface area (Å²) in [5.74, 6) is 0. The Balaban J connectivity index is 2.19. The number of aromatic nitrogens is 2. The van der Waals surface area contributed by atoms with Crippen molar-refractivity contribution < 1.29 is 0 Å². The number of anilines is 1. The first kappa shape index (κ1) is 13.0. The molecule has 0 unspecified atom stereocenters. The lowest BCUT2D eigenvalue weighted by Crippen LogP contribution is -2.03. The molecule has 4 heteroatoms. The minimum absolute atomic E-state index is 0.745. The molecule has 2 rings (SSSR count). The summed E-state index contributed by atoms with van der Waals surface area (Å²) >= 11 is 6.16. The van der Waals surface area contributed by atoms with E-state index < -0.39 is 0 Å². The maximum atomic E-state index is 6.16. The van der Waals surface area contributed by atoms with E-state index in [1.165, 1.54) is 16.8 Å². The smallest absolute Gasteiger partial charge is 0.0646 e.